The van der Waals surface area contributed by atoms with Crippen LogP contribution in [0.5, 0.6) is 5.75 Å². The summed E-state index contributed by atoms with van der Waals surface area (Å²) >= 11 is 0. The maximum atomic E-state index is 13.6. The number of nitrogens with zero attached hydrogens (tertiary/aromatic N) is 3. The van der Waals surface area contributed by atoms with Gasteiger partial charge in [-0.05, 0) is 49.4 Å². The third kappa shape index (κ3) is 46.9. The quantitative estimate of drug-likeness (QED) is 0.0179. The Morgan fingerprint density at radius 1 is 0.432 bits per heavy atom. The Labute approximate surface area is 517 Å². The van der Waals surface area contributed by atoms with Crippen molar-refractivity contribution in [1.29, 1.82) is 0 Å². The molecule has 0 aliphatic heterocycles. The van der Waals surface area contributed by atoms with Crippen molar-refractivity contribution in [1.82, 2.24) is 31.9 Å². The Morgan fingerprint density at radius 3 is 1.42 bits per heavy atom. The molecule has 0 aliphatic carbocycles. The predicted molar refractivity (Wildman–Crippen MR) is 322 cm³/mol. The van der Waals surface area contributed by atoms with E-state index in [1.54, 1.807) is 0 Å². The molecule has 1 aromatic carbocycles. The van der Waals surface area contributed by atoms with Crippen LogP contribution < -0.4 is 36.6 Å². The van der Waals surface area contributed by atoms with Crippen LogP contribution in [-0.4, -0.2) is 239 Å². The lowest BCUT2D eigenvalue weighted by Gasteiger charge is -2.19. The predicted octanol–water partition coefficient (Wildman–Crippen LogP) is 2.53. The topological polar surface area (TPSA) is 376 Å². The number of nitrogens with one attached hydrogen (secondary N) is 6. The highest BCUT2D eigenvalue weighted by atomic mass is 16.5. The largest absolute Gasteiger partial charge is 0.494 e. The Kier molecular flexibility index (Phi) is 50.8. The van der Waals surface area contributed by atoms with Crippen molar-refractivity contribution >= 4 is 52.8 Å². The number of azide groups is 1. The van der Waals surface area contributed by atoms with Crippen molar-refractivity contribution in [2.24, 2.45) is 11.0 Å². The van der Waals surface area contributed by atoms with E-state index in [0.29, 0.717) is 84.8 Å². The van der Waals surface area contributed by atoms with Gasteiger partial charge in [-0.15, -0.1) is 0 Å². The molecular formula is C59H99N9O20. The summed E-state index contributed by atoms with van der Waals surface area (Å²) in [5, 5.41) is 20.0. The van der Waals surface area contributed by atoms with Gasteiger partial charge in [0.1, 0.15) is 17.3 Å². The number of hydrogen-bond donors (Lipinski definition) is 6. The van der Waals surface area contributed by atoms with Crippen molar-refractivity contribution in [3.05, 3.63) is 39.8 Å². The number of carbonyl (C=O) groups excluding carboxylic acids is 9. The highest BCUT2D eigenvalue weighted by Gasteiger charge is 2.19. The molecular weight excluding hydrogens is 1150 g/mol. The maximum Gasteiger partial charge on any atom is 0.251 e. The molecule has 0 unspecified atom stereocenters. The van der Waals surface area contributed by atoms with Gasteiger partial charge in [0.2, 0.25) is 29.5 Å². The number of ketones is 3. The zero-order valence-electron chi connectivity index (χ0n) is 52.3. The number of amides is 6. The normalized spacial score (nSPS) is 11.0. The highest BCUT2D eigenvalue weighted by Crippen LogP contribution is 2.21. The molecule has 0 heterocycles. The number of methoxy groups -OCH3 is 4. The van der Waals surface area contributed by atoms with Crippen LogP contribution in [0.1, 0.15) is 117 Å². The zero-order valence-corrected chi connectivity index (χ0v) is 52.3. The second-order valence-corrected chi connectivity index (χ2v) is 20.1. The fraction of sp³-hybridized carbons (Fsp3) is 0.746. The lowest BCUT2D eigenvalue weighted by molar-refractivity contribution is -0.126. The number of carbonyl (C=O) groups is 9. The van der Waals surface area contributed by atoms with Crippen LogP contribution in [0, 0.1) is 5.92 Å². The van der Waals surface area contributed by atoms with E-state index in [1.165, 1.54) is 46.6 Å². The van der Waals surface area contributed by atoms with Crippen molar-refractivity contribution in [3.63, 3.8) is 0 Å². The van der Waals surface area contributed by atoms with Crippen molar-refractivity contribution < 1.29 is 95.3 Å². The standard InChI is InChI=1S/C59H99N9O20/c1-78-33-20-61-54(72)14-29-84-42-46(43-85-30-15-55(73)62-21-34-79-2)38-51(70)13-27-83-37-24-65-59(77)48-39-47(40-52(41-48)88-26-8-11-50(69)10-6-5-7-19-66-68-60)53(71)12-9-25-82-28-18-58(76)67-49(44-86-31-16-56(74)63-22-35-80-3)45-87-32-17-57(75)64-23-36-81-4/h39-41,46,49H,5-38,42-45H2,1-4H3,(H,61,72)(H,62,73)(H,63,74)(H,64,75)(H,65,77)(H,67,76). The van der Waals surface area contributed by atoms with Crippen LogP contribution in [0.15, 0.2) is 23.3 Å². The molecule has 0 saturated heterocycles. The van der Waals surface area contributed by atoms with Gasteiger partial charge in [-0.2, -0.15) is 0 Å². The van der Waals surface area contributed by atoms with Gasteiger partial charge in [0.05, 0.1) is 112 Å². The fourth-order valence-electron chi connectivity index (χ4n) is 7.81. The van der Waals surface area contributed by atoms with Crippen LogP contribution in [0.25, 0.3) is 10.4 Å². The molecule has 29 nitrogen and oxygen atoms in total. The molecule has 29 heteroatoms. The van der Waals surface area contributed by atoms with Gasteiger partial charge >= 0.3 is 0 Å². The first-order valence-corrected chi connectivity index (χ1v) is 30.2. The molecule has 0 saturated carbocycles. The minimum absolute atomic E-state index is 0.0198. The van der Waals surface area contributed by atoms with Gasteiger partial charge in [-0.1, -0.05) is 11.5 Å². The molecule has 1 rings (SSSR count). The van der Waals surface area contributed by atoms with Crippen LogP contribution >= 0.6 is 0 Å². The van der Waals surface area contributed by atoms with Gasteiger partial charge in [0.25, 0.3) is 5.91 Å². The number of benzene rings is 1. The first-order chi connectivity index (χ1) is 42.7. The average Bonchev–Trinajstić information content (AvgIpc) is 3.44. The Bertz CT molecular complexity index is 1990. The van der Waals surface area contributed by atoms with E-state index < -0.39 is 11.9 Å². The van der Waals surface area contributed by atoms with Gasteiger partial charge in [0.15, 0.2) is 5.78 Å². The lowest BCUT2D eigenvalue weighted by atomic mass is 10.0. The van der Waals surface area contributed by atoms with E-state index >= 15 is 0 Å². The van der Waals surface area contributed by atoms with Gasteiger partial charge < -0.3 is 84.0 Å². The fourth-order valence-corrected chi connectivity index (χ4v) is 7.81. The molecule has 1 aromatic rings. The van der Waals surface area contributed by atoms with Gasteiger partial charge in [0, 0.05) is 160 Å². The van der Waals surface area contributed by atoms with Crippen molar-refractivity contribution in [2.45, 2.75) is 102 Å². The summed E-state index contributed by atoms with van der Waals surface area (Å²) in [6.07, 6.45) is 4.11. The van der Waals surface area contributed by atoms with Crippen molar-refractivity contribution in [3.8, 4) is 5.75 Å². The molecule has 0 spiro atoms. The van der Waals surface area contributed by atoms with E-state index in [2.05, 4.69) is 41.9 Å². The third-order valence-electron chi connectivity index (χ3n) is 12.5. The molecule has 88 heavy (non-hydrogen) atoms. The number of unbranched alkanes of at least 4 members (excludes halogenated alkanes) is 2. The Hall–Kier alpha value is -6.24. The minimum Gasteiger partial charge on any atom is -0.494 e. The molecule has 0 radical (unpaired) electrons. The summed E-state index contributed by atoms with van der Waals surface area (Å²) in [4.78, 5) is 117. The summed E-state index contributed by atoms with van der Waals surface area (Å²) in [6.45, 7) is 4.71. The van der Waals surface area contributed by atoms with E-state index in [4.69, 9.17) is 57.6 Å². The molecule has 6 N–H and O–H groups in total. The molecule has 0 fully saturated rings. The molecule has 500 valence electrons. The van der Waals surface area contributed by atoms with E-state index in [9.17, 15) is 43.2 Å². The summed E-state index contributed by atoms with van der Waals surface area (Å²) in [5.41, 5.74) is 8.80. The van der Waals surface area contributed by atoms with Gasteiger partial charge in [-0.3, -0.25) is 43.2 Å². The Morgan fingerprint density at radius 2 is 0.886 bits per heavy atom. The molecule has 0 aliphatic rings. The number of rotatable bonds is 61. The maximum absolute atomic E-state index is 13.6. The molecule has 6 amide bonds. The zero-order chi connectivity index (χ0) is 64.5. The number of Topliss-reactive ketones (excluding diaryl/α,β-unsaturated/α-hetero) is 3. The highest BCUT2D eigenvalue weighted by molar-refractivity contribution is 6.01. The summed E-state index contributed by atoms with van der Waals surface area (Å²) in [7, 11) is 6.14. The van der Waals surface area contributed by atoms with E-state index in [1.807, 2.05) is 0 Å². The summed E-state index contributed by atoms with van der Waals surface area (Å²) in [6, 6.07) is 3.90. The molecule has 0 bridgehead atoms. The smallest absolute Gasteiger partial charge is 0.251 e. The van der Waals surface area contributed by atoms with Gasteiger partial charge in [-0.25, -0.2) is 0 Å². The second-order valence-electron chi connectivity index (χ2n) is 20.1. The summed E-state index contributed by atoms with van der Waals surface area (Å²) in [5.74, 6) is -2.15. The Balaban J connectivity index is 2.85. The average molecular weight is 1250 g/mol. The number of ether oxygens (including phenoxy) is 11. The SMILES string of the molecule is COCCNC(=O)CCOCC(COCCC(=O)NCCOC)CC(=O)CCOCCNC(=O)c1cc(OCCCC(=O)CCCCCN=[N+]=[N-])cc(C(=O)CCCOCCC(=O)NC(COCCC(=O)NCCOC)COCCC(=O)NCCOC)c1. The minimum atomic E-state index is -0.594. The molecule has 0 aromatic heterocycles. The van der Waals surface area contributed by atoms with Crippen LogP contribution in [0.4, 0.5) is 0 Å². The monoisotopic (exact) mass is 1250 g/mol. The van der Waals surface area contributed by atoms with E-state index in [-0.39, 0.29) is 226 Å². The number of hydrogen-bond acceptors (Lipinski definition) is 21. The third-order valence-corrected chi connectivity index (χ3v) is 12.5. The first-order valence-electron chi connectivity index (χ1n) is 30.2. The van der Waals surface area contributed by atoms with E-state index in [0.717, 1.165) is 6.42 Å². The molecule has 0 atom stereocenters. The van der Waals surface area contributed by atoms with Crippen LogP contribution in [0.3, 0.4) is 0 Å². The van der Waals surface area contributed by atoms with Crippen molar-refractivity contribution in [2.75, 3.05) is 180 Å². The first kappa shape index (κ1) is 79.8. The van der Waals surface area contributed by atoms with Crippen LogP contribution in [-0.2, 0) is 80.9 Å². The lowest BCUT2D eigenvalue weighted by Crippen LogP contribution is -2.42. The second kappa shape index (κ2) is 56.0. The summed E-state index contributed by atoms with van der Waals surface area (Å²) < 4.78 is 60.0. The van der Waals surface area contributed by atoms with Crippen LogP contribution in [0.2, 0.25) is 0 Å².